The second-order valence-corrected chi connectivity index (χ2v) is 3.24. The average Bonchev–Trinajstić information content (AvgIpc) is 2.51. The summed E-state index contributed by atoms with van der Waals surface area (Å²) in [5.74, 6) is 0.925. The predicted molar refractivity (Wildman–Crippen MR) is 51.6 cm³/mol. The maximum atomic E-state index is 4.37. The molecular weight excluding hydrogens is 170 g/mol. The van der Waals surface area contributed by atoms with Gasteiger partial charge in [0.05, 0.1) is 5.51 Å². The minimum atomic E-state index is 0.900. The number of aromatic nitrogens is 2. The van der Waals surface area contributed by atoms with Gasteiger partial charge in [0.2, 0.25) is 0 Å². The lowest BCUT2D eigenvalue weighted by Gasteiger charge is -1.99. The van der Waals surface area contributed by atoms with Gasteiger partial charge in [0.25, 0.3) is 0 Å². The Morgan fingerprint density at radius 1 is 1.50 bits per heavy atom. The first kappa shape index (κ1) is 7.49. The fourth-order valence-electron chi connectivity index (χ4n) is 1.03. The molecule has 12 heavy (non-hydrogen) atoms. The summed E-state index contributed by atoms with van der Waals surface area (Å²) in [4.78, 5) is 9.51. The zero-order chi connectivity index (χ0) is 8.39. The molecule has 0 saturated carbocycles. The fourth-order valence-corrected chi connectivity index (χ4v) is 1.69. The van der Waals surface area contributed by atoms with Gasteiger partial charge < -0.3 is 5.32 Å². The van der Waals surface area contributed by atoms with Gasteiger partial charge in [0.15, 0.2) is 0 Å². The number of fused-ring (bicyclic) bond motifs is 1. The molecule has 3 nitrogen and oxygen atoms in total. The van der Waals surface area contributed by atoms with Crippen LogP contribution in [0.25, 0.3) is 10.3 Å². The third kappa shape index (κ3) is 1.25. The summed E-state index contributed by atoms with van der Waals surface area (Å²) in [5, 5.41) is 3.16. The summed E-state index contributed by atoms with van der Waals surface area (Å²) < 4.78 is 0. The maximum absolute atomic E-state index is 4.37. The molecule has 0 spiro atoms. The van der Waals surface area contributed by atoms with Crippen molar-refractivity contribution >= 4 is 27.5 Å². The van der Waals surface area contributed by atoms with Crippen molar-refractivity contribution in [3.05, 3.63) is 17.6 Å². The van der Waals surface area contributed by atoms with E-state index in [4.69, 9.17) is 0 Å². The number of pyridine rings is 1. The second kappa shape index (κ2) is 3.06. The summed E-state index contributed by atoms with van der Waals surface area (Å²) in [6.07, 6.45) is 0. The van der Waals surface area contributed by atoms with E-state index in [-0.39, 0.29) is 0 Å². The van der Waals surface area contributed by atoms with Crippen molar-refractivity contribution in [3.63, 3.8) is 0 Å². The first-order valence-corrected chi connectivity index (χ1v) is 4.72. The van der Waals surface area contributed by atoms with Crippen LogP contribution in [0.3, 0.4) is 0 Å². The number of hydrogen-bond acceptors (Lipinski definition) is 4. The fraction of sp³-hybridized carbons (Fsp3) is 0.250. The van der Waals surface area contributed by atoms with E-state index < -0.39 is 0 Å². The molecular formula is C8H9N3S. The van der Waals surface area contributed by atoms with Gasteiger partial charge in [-0.15, -0.1) is 11.3 Å². The van der Waals surface area contributed by atoms with Gasteiger partial charge in [0, 0.05) is 6.54 Å². The minimum absolute atomic E-state index is 0.900. The molecule has 2 rings (SSSR count). The van der Waals surface area contributed by atoms with Crippen LogP contribution in [0.5, 0.6) is 0 Å². The van der Waals surface area contributed by atoms with Crippen molar-refractivity contribution in [2.45, 2.75) is 6.92 Å². The molecule has 0 fully saturated rings. The standard InChI is InChI=1S/C8H9N3S/c1-2-9-7-4-3-6-8(11-7)12-5-10-6/h3-5H,2H2,1H3,(H,9,11). The van der Waals surface area contributed by atoms with E-state index in [9.17, 15) is 0 Å². The topological polar surface area (TPSA) is 37.8 Å². The number of nitrogens with zero attached hydrogens (tertiary/aromatic N) is 2. The van der Waals surface area contributed by atoms with Crippen LogP contribution in [0, 0.1) is 0 Å². The summed E-state index contributed by atoms with van der Waals surface area (Å²) in [6.45, 7) is 2.95. The molecule has 2 aromatic heterocycles. The number of rotatable bonds is 2. The highest BCUT2D eigenvalue weighted by molar-refractivity contribution is 7.16. The van der Waals surface area contributed by atoms with Crippen molar-refractivity contribution in [1.29, 1.82) is 0 Å². The Bertz CT molecular complexity index is 382. The monoisotopic (exact) mass is 179 g/mol. The number of thiazole rings is 1. The van der Waals surface area contributed by atoms with Crippen molar-refractivity contribution < 1.29 is 0 Å². The van der Waals surface area contributed by atoms with Crippen molar-refractivity contribution in [2.24, 2.45) is 0 Å². The van der Waals surface area contributed by atoms with Crippen LogP contribution in [0.2, 0.25) is 0 Å². The molecule has 0 radical (unpaired) electrons. The van der Waals surface area contributed by atoms with Gasteiger partial charge in [-0.25, -0.2) is 9.97 Å². The molecule has 0 amide bonds. The summed E-state index contributed by atoms with van der Waals surface area (Å²) in [5.41, 5.74) is 2.79. The lowest BCUT2D eigenvalue weighted by Crippen LogP contribution is -1.97. The van der Waals surface area contributed by atoms with E-state index in [1.807, 2.05) is 17.6 Å². The molecule has 62 valence electrons. The molecule has 0 aliphatic rings. The first-order valence-electron chi connectivity index (χ1n) is 3.84. The Morgan fingerprint density at radius 2 is 2.42 bits per heavy atom. The van der Waals surface area contributed by atoms with Crippen molar-refractivity contribution in [2.75, 3.05) is 11.9 Å². The van der Waals surface area contributed by atoms with E-state index in [2.05, 4.69) is 22.2 Å². The number of anilines is 1. The third-order valence-corrected chi connectivity index (χ3v) is 2.29. The van der Waals surface area contributed by atoms with Gasteiger partial charge in [0.1, 0.15) is 16.2 Å². The molecule has 0 aliphatic carbocycles. The number of hydrogen-bond donors (Lipinski definition) is 1. The summed E-state index contributed by atoms with van der Waals surface area (Å²) >= 11 is 1.57. The second-order valence-electron chi connectivity index (χ2n) is 2.40. The smallest absolute Gasteiger partial charge is 0.145 e. The average molecular weight is 179 g/mol. The molecule has 0 saturated heterocycles. The van der Waals surface area contributed by atoms with E-state index in [0.29, 0.717) is 0 Å². The maximum Gasteiger partial charge on any atom is 0.145 e. The lowest BCUT2D eigenvalue weighted by atomic mass is 10.4. The lowest BCUT2D eigenvalue weighted by molar-refractivity contribution is 1.18. The van der Waals surface area contributed by atoms with E-state index in [1.54, 1.807) is 11.3 Å². The van der Waals surface area contributed by atoms with E-state index >= 15 is 0 Å². The molecule has 2 aromatic rings. The Hall–Kier alpha value is -1.16. The van der Waals surface area contributed by atoms with Crippen LogP contribution in [0.1, 0.15) is 6.92 Å². The summed E-state index contributed by atoms with van der Waals surface area (Å²) in [7, 11) is 0. The first-order chi connectivity index (χ1) is 5.90. The van der Waals surface area contributed by atoms with E-state index in [1.165, 1.54) is 0 Å². The largest absolute Gasteiger partial charge is 0.370 e. The molecule has 0 unspecified atom stereocenters. The normalized spacial score (nSPS) is 10.4. The Labute approximate surface area is 74.5 Å². The van der Waals surface area contributed by atoms with Crippen LogP contribution >= 0.6 is 11.3 Å². The van der Waals surface area contributed by atoms with Gasteiger partial charge in [-0.05, 0) is 19.1 Å². The van der Waals surface area contributed by atoms with E-state index in [0.717, 1.165) is 22.7 Å². The molecule has 0 aromatic carbocycles. The number of nitrogens with one attached hydrogen (secondary N) is 1. The van der Waals surface area contributed by atoms with Crippen LogP contribution in [-0.2, 0) is 0 Å². The van der Waals surface area contributed by atoms with Crippen LogP contribution < -0.4 is 5.32 Å². The molecule has 0 bridgehead atoms. The Morgan fingerprint density at radius 3 is 3.25 bits per heavy atom. The van der Waals surface area contributed by atoms with Crippen molar-refractivity contribution in [3.8, 4) is 0 Å². The van der Waals surface area contributed by atoms with Crippen LogP contribution in [-0.4, -0.2) is 16.5 Å². The quantitative estimate of drug-likeness (QED) is 0.767. The zero-order valence-electron chi connectivity index (χ0n) is 6.74. The highest BCUT2D eigenvalue weighted by atomic mass is 32.1. The van der Waals surface area contributed by atoms with Gasteiger partial charge in [-0.3, -0.25) is 0 Å². The molecule has 0 atom stereocenters. The minimum Gasteiger partial charge on any atom is -0.370 e. The van der Waals surface area contributed by atoms with Gasteiger partial charge >= 0.3 is 0 Å². The highest BCUT2D eigenvalue weighted by Gasteiger charge is 1.98. The van der Waals surface area contributed by atoms with Gasteiger partial charge in [-0.1, -0.05) is 0 Å². The predicted octanol–water partition coefficient (Wildman–Crippen LogP) is 2.12. The Balaban J connectivity index is 2.46. The molecule has 4 heteroatoms. The summed E-state index contributed by atoms with van der Waals surface area (Å²) in [6, 6.07) is 3.93. The Kier molecular flexibility index (Phi) is 1.91. The van der Waals surface area contributed by atoms with Crippen LogP contribution in [0.4, 0.5) is 5.82 Å². The van der Waals surface area contributed by atoms with Gasteiger partial charge in [-0.2, -0.15) is 0 Å². The van der Waals surface area contributed by atoms with Crippen molar-refractivity contribution in [1.82, 2.24) is 9.97 Å². The molecule has 1 N–H and O–H groups in total. The highest BCUT2D eigenvalue weighted by Crippen LogP contribution is 2.17. The molecule has 2 heterocycles. The SMILES string of the molecule is CCNc1ccc2ncsc2n1. The molecule has 0 aliphatic heterocycles. The van der Waals surface area contributed by atoms with Crippen LogP contribution in [0.15, 0.2) is 17.6 Å². The zero-order valence-corrected chi connectivity index (χ0v) is 7.56. The third-order valence-electron chi connectivity index (χ3n) is 1.55.